The van der Waals surface area contributed by atoms with Crippen molar-refractivity contribution in [1.82, 2.24) is 0 Å². The van der Waals surface area contributed by atoms with Crippen LogP contribution < -0.4 is 0 Å². The van der Waals surface area contributed by atoms with Gasteiger partial charge in [0.25, 0.3) is 0 Å². The lowest BCUT2D eigenvalue weighted by atomic mass is 9.95. The first kappa shape index (κ1) is 9.35. The summed E-state index contributed by atoms with van der Waals surface area (Å²) in [6.07, 6.45) is 6.19. The maximum atomic E-state index is 5.36. The highest BCUT2D eigenvalue weighted by atomic mass is 16.5. The molecule has 1 aliphatic heterocycles. The molecule has 0 N–H and O–H groups in total. The Balaban J connectivity index is 2.34. The van der Waals surface area contributed by atoms with Crippen LogP contribution in [0.25, 0.3) is 0 Å². The fourth-order valence-corrected chi connectivity index (χ4v) is 1.11. The second-order valence-electron chi connectivity index (χ2n) is 3.10. The van der Waals surface area contributed by atoms with Gasteiger partial charge in [-0.25, -0.2) is 0 Å². The summed E-state index contributed by atoms with van der Waals surface area (Å²) in [7, 11) is 0. The van der Waals surface area contributed by atoms with Crippen LogP contribution in [0.15, 0.2) is 12.7 Å². The summed E-state index contributed by atoms with van der Waals surface area (Å²) in [5.41, 5.74) is -0.284. The minimum absolute atomic E-state index is 0.284. The molecule has 0 saturated carbocycles. The van der Waals surface area contributed by atoms with Crippen LogP contribution in [0, 0.1) is 11.8 Å². The molecule has 1 heteroatoms. The van der Waals surface area contributed by atoms with Crippen LogP contribution in [0.5, 0.6) is 0 Å². The van der Waals surface area contributed by atoms with E-state index in [0.29, 0.717) is 0 Å². The van der Waals surface area contributed by atoms with Gasteiger partial charge in [0.05, 0.1) is 6.61 Å². The van der Waals surface area contributed by atoms with Crippen molar-refractivity contribution in [3.8, 4) is 11.8 Å². The smallest absolute Gasteiger partial charge is 0.149 e. The first-order valence-electron chi connectivity index (χ1n) is 4.60. The summed E-state index contributed by atoms with van der Waals surface area (Å²) in [6.45, 7) is 6.73. The third kappa shape index (κ3) is 2.12. The zero-order chi connectivity index (χ0) is 8.86. The van der Waals surface area contributed by atoms with Crippen molar-refractivity contribution in [1.29, 1.82) is 0 Å². The van der Waals surface area contributed by atoms with Crippen LogP contribution >= 0.6 is 0 Å². The molecule has 0 amide bonds. The predicted molar refractivity (Wildman–Crippen MR) is 50.8 cm³/mol. The zero-order valence-electron chi connectivity index (χ0n) is 7.73. The SMILES string of the molecule is C=CC1(C#CCCCC)CCO1. The Hall–Kier alpha value is -0.740. The molecule has 0 aromatic rings. The summed E-state index contributed by atoms with van der Waals surface area (Å²) in [5, 5.41) is 0. The van der Waals surface area contributed by atoms with Crippen molar-refractivity contribution < 1.29 is 4.74 Å². The first-order valence-corrected chi connectivity index (χ1v) is 4.60. The predicted octanol–water partition coefficient (Wildman–Crippen LogP) is 2.53. The molecule has 1 saturated heterocycles. The van der Waals surface area contributed by atoms with Crippen molar-refractivity contribution in [3.63, 3.8) is 0 Å². The van der Waals surface area contributed by atoms with E-state index in [0.717, 1.165) is 19.4 Å². The largest absolute Gasteiger partial charge is 0.359 e. The molecule has 1 atom stereocenters. The molecule has 66 valence electrons. The molecule has 12 heavy (non-hydrogen) atoms. The highest BCUT2D eigenvalue weighted by Gasteiger charge is 2.32. The van der Waals surface area contributed by atoms with Gasteiger partial charge in [0.2, 0.25) is 0 Å². The van der Waals surface area contributed by atoms with Crippen molar-refractivity contribution in [3.05, 3.63) is 12.7 Å². The number of unbranched alkanes of at least 4 members (excludes halogenated alkanes) is 2. The molecule has 1 aliphatic rings. The molecule has 0 aromatic heterocycles. The van der Waals surface area contributed by atoms with E-state index < -0.39 is 0 Å². The molecule has 0 aliphatic carbocycles. The normalized spacial score (nSPS) is 26.8. The monoisotopic (exact) mass is 164 g/mol. The van der Waals surface area contributed by atoms with Crippen LogP contribution in [-0.4, -0.2) is 12.2 Å². The van der Waals surface area contributed by atoms with Crippen LogP contribution in [0.1, 0.15) is 32.6 Å². The van der Waals surface area contributed by atoms with Gasteiger partial charge in [0.1, 0.15) is 5.60 Å². The van der Waals surface area contributed by atoms with Crippen molar-refractivity contribution in [2.24, 2.45) is 0 Å². The fourth-order valence-electron chi connectivity index (χ4n) is 1.11. The maximum absolute atomic E-state index is 5.36. The highest BCUT2D eigenvalue weighted by molar-refractivity contribution is 5.24. The average molecular weight is 164 g/mol. The Morgan fingerprint density at radius 2 is 2.42 bits per heavy atom. The molecule has 0 aromatic carbocycles. The van der Waals surface area contributed by atoms with Crippen LogP contribution in [-0.2, 0) is 4.74 Å². The lowest BCUT2D eigenvalue weighted by Crippen LogP contribution is -2.40. The zero-order valence-corrected chi connectivity index (χ0v) is 7.73. The minimum atomic E-state index is -0.284. The Labute approximate surface area is 74.8 Å². The summed E-state index contributed by atoms with van der Waals surface area (Å²) in [5.74, 6) is 6.26. The second kappa shape index (κ2) is 4.33. The van der Waals surface area contributed by atoms with E-state index in [4.69, 9.17) is 4.74 Å². The Kier molecular flexibility index (Phi) is 3.37. The van der Waals surface area contributed by atoms with Gasteiger partial charge >= 0.3 is 0 Å². The van der Waals surface area contributed by atoms with Crippen molar-refractivity contribution in [2.75, 3.05) is 6.61 Å². The van der Waals surface area contributed by atoms with Crippen LogP contribution in [0.3, 0.4) is 0 Å². The number of ether oxygens (including phenoxy) is 1. The van der Waals surface area contributed by atoms with Gasteiger partial charge in [-0.15, -0.1) is 0 Å². The summed E-state index contributed by atoms with van der Waals surface area (Å²) in [6, 6.07) is 0. The third-order valence-electron chi connectivity index (χ3n) is 2.12. The molecule has 1 unspecified atom stereocenters. The number of rotatable bonds is 3. The standard InChI is InChI=1S/C11H16O/c1-3-5-6-7-8-11(4-2)9-10-12-11/h4H,2-3,5-6,9-10H2,1H3. The molecule has 1 fully saturated rings. The Morgan fingerprint density at radius 3 is 2.83 bits per heavy atom. The van der Waals surface area contributed by atoms with Gasteiger partial charge in [0.15, 0.2) is 0 Å². The van der Waals surface area contributed by atoms with Gasteiger partial charge in [-0.05, 0) is 12.5 Å². The van der Waals surface area contributed by atoms with Crippen molar-refractivity contribution >= 4 is 0 Å². The number of hydrogen-bond donors (Lipinski definition) is 0. The summed E-state index contributed by atoms with van der Waals surface area (Å²) in [4.78, 5) is 0. The molecule has 0 bridgehead atoms. The van der Waals surface area contributed by atoms with E-state index in [1.807, 2.05) is 6.08 Å². The minimum Gasteiger partial charge on any atom is -0.359 e. The van der Waals surface area contributed by atoms with Gasteiger partial charge in [0, 0.05) is 12.8 Å². The lowest BCUT2D eigenvalue weighted by molar-refractivity contribution is -0.0701. The van der Waals surface area contributed by atoms with Gasteiger partial charge in [-0.1, -0.05) is 31.8 Å². The highest BCUT2D eigenvalue weighted by Crippen LogP contribution is 2.26. The molecule has 0 spiro atoms. The summed E-state index contributed by atoms with van der Waals surface area (Å²) >= 11 is 0. The van der Waals surface area contributed by atoms with E-state index in [-0.39, 0.29) is 5.60 Å². The van der Waals surface area contributed by atoms with Gasteiger partial charge in [-0.3, -0.25) is 0 Å². The fraction of sp³-hybridized carbons (Fsp3) is 0.636. The summed E-state index contributed by atoms with van der Waals surface area (Å²) < 4.78 is 5.36. The lowest BCUT2D eigenvalue weighted by Gasteiger charge is -2.34. The van der Waals surface area contributed by atoms with Gasteiger partial charge < -0.3 is 4.74 Å². The van der Waals surface area contributed by atoms with Gasteiger partial charge in [-0.2, -0.15) is 0 Å². The molecular weight excluding hydrogens is 148 g/mol. The topological polar surface area (TPSA) is 9.23 Å². The molecule has 1 rings (SSSR count). The van der Waals surface area contributed by atoms with E-state index in [1.165, 1.54) is 12.8 Å². The van der Waals surface area contributed by atoms with E-state index in [1.54, 1.807) is 0 Å². The molecular formula is C11H16O. The maximum Gasteiger partial charge on any atom is 0.149 e. The quantitative estimate of drug-likeness (QED) is 0.354. The van der Waals surface area contributed by atoms with E-state index in [9.17, 15) is 0 Å². The third-order valence-corrected chi connectivity index (χ3v) is 2.12. The van der Waals surface area contributed by atoms with E-state index in [2.05, 4.69) is 25.3 Å². The molecule has 1 heterocycles. The first-order chi connectivity index (χ1) is 5.83. The van der Waals surface area contributed by atoms with Crippen molar-refractivity contribution in [2.45, 2.75) is 38.2 Å². The number of hydrogen-bond acceptors (Lipinski definition) is 1. The Morgan fingerprint density at radius 1 is 1.67 bits per heavy atom. The average Bonchev–Trinajstić information content (AvgIpc) is 2.02. The van der Waals surface area contributed by atoms with E-state index >= 15 is 0 Å². The molecule has 0 radical (unpaired) electrons. The Bertz CT molecular complexity index is 203. The van der Waals surface area contributed by atoms with Crippen LogP contribution in [0.2, 0.25) is 0 Å². The second-order valence-corrected chi connectivity index (χ2v) is 3.10. The molecule has 1 nitrogen and oxygen atoms in total. The van der Waals surface area contributed by atoms with Crippen LogP contribution in [0.4, 0.5) is 0 Å².